The highest BCUT2D eigenvalue weighted by Gasteiger charge is 2.28. The standard InChI is InChI=1S/C27H30N6O.2C26H29N7O.C25H25N7O.4H2S/c1-17(2)12-20-9-8-19(15-30-20)24-13-25(33-16-32-24)31-14-18(3)21-6-5-7-22-23(27(34)28-4)10-11-29-26(21)22;2*1-16(18-7-6-8-19-20(24(34)27-5)9-10-28-23(18)19)12-29-22-11-21(32-15-33-22)17-13-30-25(31-14-17)26(2,3)4;1-15(18-4-3-5-19-20(25(33)26-2)8-9-27-23(18)19)11-28-22-10-21(31-14-32-22)17-12-29-24(30-13-17)16-6-7-16;;;;/h5-11,13,15-18H,12,14H2,1-4H3,(H,28,34)(H,31,32,33);2*6-11,13-16H,12H2,1-5H3,(H,27,34)(H,29,32,33);3-5,8-10,12-16H,6-7,11H2,1-2H3,(H,26,33)(H,28,31,32);4*1H2/t18-;2*16-;15-;;;;/m1111..../s1. The van der Waals surface area contributed by atoms with Crippen LogP contribution in [0, 0.1) is 5.92 Å². The van der Waals surface area contributed by atoms with E-state index in [2.05, 4.69) is 257 Å². The third kappa shape index (κ3) is 27.0. The molecule has 1 fully saturated rings. The molecule has 8 N–H and O–H groups in total. The lowest BCUT2D eigenvalue weighted by molar-refractivity contribution is 0.0956. The van der Waals surface area contributed by atoms with Crippen LogP contribution >= 0.6 is 54.0 Å². The van der Waals surface area contributed by atoms with Gasteiger partial charge in [0, 0.05) is 237 Å². The molecule has 720 valence electrons. The summed E-state index contributed by atoms with van der Waals surface area (Å²) < 4.78 is 0. The van der Waals surface area contributed by atoms with Crippen molar-refractivity contribution in [3.63, 3.8) is 0 Å². The number of aromatic nitrogens is 19. The molecular weight excluding hydrogens is 1820 g/mol. The van der Waals surface area contributed by atoms with Crippen molar-refractivity contribution in [2.24, 2.45) is 5.92 Å². The Hall–Kier alpha value is -14.3. The van der Waals surface area contributed by atoms with Gasteiger partial charge in [-0.3, -0.25) is 44.1 Å². The lowest BCUT2D eigenvalue weighted by Crippen LogP contribution is -2.18. The molecule has 4 aromatic carbocycles. The van der Waals surface area contributed by atoms with Gasteiger partial charge in [-0.15, -0.1) is 0 Å². The van der Waals surface area contributed by atoms with Crippen molar-refractivity contribution in [1.29, 1.82) is 0 Å². The molecule has 12 aromatic heterocycles. The Kier molecular flexibility index (Phi) is 37.7. The lowest BCUT2D eigenvalue weighted by Gasteiger charge is -2.17. The summed E-state index contributed by atoms with van der Waals surface area (Å²) in [6.07, 6.45) is 29.0. The number of carbonyl (C=O) groups is 4. The van der Waals surface area contributed by atoms with Crippen LogP contribution in [0.3, 0.4) is 0 Å². The van der Waals surface area contributed by atoms with E-state index in [4.69, 9.17) is 0 Å². The second-order valence-corrected chi connectivity index (χ2v) is 35.8. The first-order valence-corrected chi connectivity index (χ1v) is 45.2. The van der Waals surface area contributed by atoms with Crippen LogP contribution in [0.2, 0.25) is 0 Å². The van der Waals surface area contributed by atoms with Crippen LogP contribution in [0.15, 0.2) is 227 Å². The normalized spacial score (nSPS) is 12.4. The number of rotatable bonds is 27. The van der Waals surface area contributed by atoms with Gasteiger partial charge in [0.2, 0.25) is 0 Å². The molecule has 17 rings (SSSR count). The van der Waals surface area contributed by atoms with Crippen molar-refractivity contribution < 1.29 is 19.2 Å². The number of hydrogen-bond acceptors (Lipinski definition) is 27. The first-order chi connectivity index (χ1) is 65.1. The highest BCUT2D eigenvalue weighted by molar-refractivity contribution is 7.59. The van der Waals surface area contributed by atoms with Gasteiger partial charge in [-0.25, -0.2) is 69.8 Å². The summed E-state index contributed by atoms with van der Waals surface area (Å²) in [5.74, 6) is 6.59. The number of fused-ring (bicyclic) bond motifs is 4. The molecule has 0 saturated heterocycles. The van der Waals surface area contributed by atoms with Crippen LogP contribution < -0.4 is 42.5 Å². The molecule has 0 aliphatic heterocycles. The van der Waals surface area contributed by atoms with E-state index in [1.165, 1.54) is 25.5 Å². The fraction of sp³-hybridized carbons (Fsp3) is 0.298. The Bertz CT molecular complexity index is 6670. The van der Waals surface area contributed by atoms with Gasteiger partial charge in [0.15, 0.2) is 0 Å². The van der Waals surface area contributed by atoms with E-state index in [1.54, 1.807) is 115 Å². The summed E-state index contributed by atoms with van der Waals surface area (Å²) in [4.78, 5) is 134. The molecule has 0 spiro atoms. The van der Waals surface area contributed by atoms with Crippen LogP contribution in [0.5, 0.6) is 0 Å². The summed E-state index contributed by atoms with van der Waals surface area (Å²) in [7, 11) is 6.53. The fourth-order valence-corrected chi connectivity index (χ4v) is 15.5. The molecule has 31 nitrogen and oxygen atoms in total. The molecule has 1 aliphatic rings. The molecule has 4 amide bonds. The topological polar surface area (TPSA) is 409 Å². The number of benzene rings is 4. The predicted molar refractivity (Wildman–Crippen MR) is 572 cm³/mol. The number of carbonyl (C=O) groups excluding carboxylic acids is 4. The minimum Gasteiger partial charge on any atom is -0.369 e. The summed E-state index contributed by atoms with van der Waals surface area (Å²) in [6, 6.07) is 42.6. The Morgan fingerprint density at radius 3 is 0.827 bits per heavy atom. The molecule has 0 radical (unpaired) electrons. The number of hydrogen-bond donors (Lipinski definition) is 8. The number of amides is 4. The Balaban J connectivity index is 0.000000189. The van der Waals surface area contributed by atoms with Gasteiger partial charge in [-0.05, 0) is 83.8 Å². The summed E-state index contributed by atoms with van der Waals surface area (Å²) in [5.41, 5.74) is 17.6. The quantitative estimate of drug-likeness (QED) is 0.0237. The zero-order valence-corrected chi connectivity index (χ0v) is 84.9. The predicted octanol–water partition coefficient (Wildman–Crippen LogP) is 18.0. The third-order valence-electron chi connectivity index (χ3n) is 23.1. The van der Waals surface area contributed by atoms with Gasteiger partial charge in [-0.1, -0.05) is 156 Å². The second kappa shape index (κ2) is 49.1. The van der Waals surface area contributed by atoms with E-state index in [0.717, 1.165) is 164 Å². The van der Waals surface area contributed by atoms with Crippen molar-refractivity contribution in [3.05, 3.63) is 295 Å². The molecule has 0 unspecified atom stereocenters. The molecule has 12 heterocycles. The zero-order chi connectivity index (χ0) is 95.5. The maximum atomic E-state index is 12.3. The van der Waals surface area contributed by atoms with Crippen molar-refractivity contribution in [2.45, 2.75) is 143 Å². The van der Waals surface area contributed by atoms with E-state index in [1.807, 2.05) is 91.4 Å². The van der Waals surface area contributed by atoms with Gasteiger partial charge in [0.25, 0.3) is 23.6 Å². The lowest BCUT2D eigenvalue weighted by atomic mass is 9.95. The first-order valence-electron chi connectivity index (χ1n) is 45.2. The number of pyridine rings is 5. The number of nitrogens with zero attached hydrogens (tertiary/aromatic N) is 19. The number of para-hydroxylation sites is 4. The minimum atomic E-state index is -0.122. The smallest absolute Gasteiger partial charge is 0.251 e. The monoisotopic (exact) mass is 1940 g/mol. The summed E-state index contributed by atoms with van der Waals surface area (Å²) >= 11 is 0. The van der Waals surface area contributed by atoms with Crippen LogP contribution in [0.4, 0.5) is 23.3 Å². The van der Waals surface area contributed by atoms with Gasteiger partial charge in [0.05, 0.1) is 67.1 Å². The molecule has 35 heteroatoms. The molecule has 16 aromatic rings. The molecule has 139 heavy (non-hydrogen) atoms. The number of nitrogens with one attached hydrogen (secondary N) is 8. The van der Waals surface area contributed by atoms with Gasteiger partial charge < -0.3 is 42.5 Å². The SMILES string of the molecule is CNC(=O)c1ccnc2c([C@H](C)CNc3cc(-c4ccc(CC(C)C)nc4)ncn3)cccc12.CNC(=O)c1ccnc2c([C@H](C)CNc3cc(-c4cnc(C(C)(C)C)nc4)ncn3)cccc12.CNC(=O)c1ccnc2c([C@H](C)CNc3cc(-c4cnc(C(C)(C)C)nc4)ncn3)cccc12.CNC(=O)c1ccnc2c([C@H](C)CNc3cc(-c4cnc(C5CC5)nc4)ncn3)cccc12.S.S.S.S. The van der Waals surface area contributed by atoms with Gasteiger partial charge in [-0.2, -0.15) is 54.0 Å². The zero-order valence-electron chi connectivity index (χ0n) is 80.9. The van der Waals surface area contributed by atoms with E-state index in [9.17, 15) is 19.2 Å². The average molecular weight is 1940 g/mol. The Labute approximate surface area is 838 Å². The van der Waals surface area contributed by atoms with Gasteiger partial charge in [0.1, 0.15) is 66.1 Å². The van der Waals surface area contributed by atoms with Crippen molar-refractivity contribution in [2.75, 3.05) is 75.6 Å². The highest BCUT2D eigenvalue weighted by atomic mass is 32.1. The van der Waals surface area contributed by atoms with Crippen LogP contribution in [-0.2, 0) is 17.3 Å². The van der Waals surface area contributed by atoms with Crippen LogP contribution in [0.25, 0.3) is 88.6 Å². The number of anilines is 4. The molecule has 4 atom stereocenters. The maximum absolute atomic E-state index is 12.3. The molecular formula is C104H121N27O4S4. The van der Waals surface area contributed by atoms with Crippen LogP contribution in [-0.4, -0.2) is 173 Å². The third-order valence-corrected chi connectivity index (χ3v) is 23.1. The Morgan fingerprint density at radius 1 is 0.317 bits per heavy atom. The van der Waals surface area contributed by atoms with Crippen molar-refractivity contribution in [1.82, 2.24) is 116 Å². The minimum absolute atomic E-state index is 0. The molecule has 1 saturated carbocycles. The first kappa shape index (κ1) is 107. The summed E-state index contributed by atoms with van der Waals surface area (Å²) in [5, 5.41) is 27.8. The molecule has 1 aliphatic carbocycles. The largest absolute Gasteiger partial charge is 0.369 e. The van der Waals surface area contributed by atoms with E-state index in [0.29, 0.717) is 60.3 Å². The molecule has 0 bridgehead atoms. The maximum Gasteiger partial charge on any atom is 0.251 e. The average Bonchev–Trinajstić information content (AvgIpc) is 1.22. The Morgan fingerprint density at radius 2 is 0.583 bits per heavy atom. The van der Waals surface area contributed by atoms with Crippen molar-refractivity contribution in [3.8, 4) is 45.0 Å². The van der Waals surface area contributed by atoms with Gasteiger partial charge >= 0.3 is 0 Å². The van der Waals surface area contributed by atoms with E-state index < -0.39 is 0 Å². The fourth-order valence-electron chi connectivity index (χ4n) is 15.5. The van der Waals surface area contributed by atoms with E-state index in [-0.39, 0.29) is 112 Å². The summed E-state index contributed by atoms with van der Waals surface area (Å²) in [6.45, 7) is 28.0. The van der Waals surface area contributed by atoms with E-state index >= 15 is 0 Å². The van der Waals surface area contributed by atoms with Crippen molar-refractivity contribution >= 4 is 144 Å². The highest BCUT2D eigenvalue weighted by Crippen LogP contribution is 2.39. The second-order valence-electron chi connectivity index (χ2n) is 35.8. The van der Waals surface area contributed by atoms with Crippen LogP contribution in [0.1, 0.15) is 212 Å².